The Hall–Kier alpha value is -2.84. The summed E-state index contributed by atoms with van der Waals surface area (Å²) in [7, 11) is 0. The quantitative estimate of drug-likeness (QED) is 0.754. The lowest BCUT2D eigenvalue weighted by atomic mass is 10.2. The summed E-state index contributed by atoms with van der Waals surface area (Å²) in [6.45, 7) is 5.53. The lowest BCUT2D eigenvalue weighted by Gasteiger charge is -2.35. The van der Waals surface area contributed by atoms with Crippen LogP contribution in [0.25, 0.3) is 0 Å². The highest BCUT2D eigenvalue weighted by molar-refractivity contribution is 5.94. The lowest BCUT2D eigenvalue weighted by Crippen LogP contribution is -2.51. The summed E-state index contributed by atoms with van der Waals surface area (Å²) in [5, 5.41) is 2.70. The number of piperazine rings is 1. The molecule has 0 radical (unpaired) electrons. The number of benzene rings is 2. The van der Waals surface area contributed by atoms with Crippen LogP contribution < -0.4 is 10.2 Å². The zero-order valence-corrected chi connectivity index (χ0v) is 17.0. The van der Waals surface area contributed by atoms with Gasteiger partial charge in [0.25, 0.3) is 0 Å². The van der Waals surface area contributed by atoms with Gasteiger partial charge in [0.05, 0.1) is 13.1 Å². The molecule has 0 saturated carbocycles. The average Bonchev–Trinajstić information content (AvgIpc) is 2.71. The standard InChI is InChI=1S/C22H26F2N4O2/c1-2-28(20-8-6-17(23)7-9-20)22(30)16-27-12-10-26(11-13-27)15-21(29)25-19-5-3-4-18(24)14-19/h3-9,14H,2,10-13,15-16H2,1H3,(H,25,29). The SMILES string of the molecule is CCN(C(=O)CN1CCN(CC(=O)Nc2cccc(F)c2)CC1)c1ccc(F)cc1. The van der Waals surface area contributed by atoms with Crippen molar-refractivity contribution in [1.29, 1.82) is 0 Å². The molecule has 8 heteroatoms. The first-order chi connectivity index (χ1) is 14.4. The second kappa shape index (κ2) is 10.3. The van der Waals surface area contributed by atoms with Crippen molar-refractivity contribution in [1.82, 2.24) is 9.80 Å². The van der Waals surface area contributed by atoms with Gasteiger partial charge >= 0.3 is 0 Å². The molecule has 1 fully saturated rings. The van der Waals surface area contributed by atoms with Gasteiger partial charge in [0.15, 0.2) is 0 Å². The Labute approximate surface area is 175 Å². The molecule has 1 saturated heterocycles. The predicted molar refractivity (Wildman–Crippen MR) is 112 cm³/mol. The summed E-state index contributed by atoms with van der Waals surface area (Å²) in [6.07, 6.45) is 0. The molecule has 1 aliphatic rings. The van der Waals surface area contributed by atoms with E-state index in [2.05, 4.69) is 10.2 Å². The van der Waals surface area contributed by atoms with Gasteiger partial charge in [-0.15, -0.1) is 0 Å². The number of nitrogens with zero attached hydrogens (tertiary/aromatic N) is 3. The largest absolute Gasteiger partial charge is 0.325 e. The van der Waals surface area contributed by atoms with Gasteiger partial charge in [-0.2, -0.15) is 0 Å². The molecule has 0 bridgehead atoms. The molecular formula is C22H26F2N4O2. The number of anilines is 2. The van der Waals surface area contributed by atoms with Gasteiger partial charge in [0.1, 0.15) is 11.6 Å². The van der Waals surface area contributed by atoms with E-state index >= 15 is 0 Å². The Balaban J connectivity index is 1.45. The minimum atomic E-state index is -0.396. The second-order valence-electron chi connectivity index (χ2n) is 7.23. The first-order valence-electron chi connectivity index (χ1n) is 10.0. The number of rotatable bonds is 7. The number of hydrogen-bond donors (Lipinski definition) is 1. The maximum absolute atomic E-state index is 13.2. The minimum absolute atomic E-state index is 0.0404. The summed E-state index contributed by atoms with van der Waals surface area (Å²) in [6, 6.07) is 11.7. The number of likely N-dealkylation sites (N-methyl/N-ethyl adjacent to an activating group) is 1. The van der Waals surface area contributed by atoms with E-state index in [0.29, 0.717) is 44.1 Å². The van der Waals surface area contributed by atoms with E-state index < -0.39 is 5.82 Å². The van der Waals surface area contributed by atoms with E-state index in [-0.39, 0.29) is 30.7 Å². The average molecular weight is 416 g/mol. The van der Waals surface area contributed by atoms with Gasteiger partial charge < -0.3 is 10.2 Å². The van der Waals surface area contributed by atoms with Crippen LogP contribution in [0.2, 0.25) is 0 Å². The lowest BCUT2D eigenvalue weighted by molar-refractivity contribution is -0.121. The van der Waals surface area contributed by atoms with Crippen molar-refractivity contribution in [3.8, 4) is 0 Å². The third-order valence-corrected chi connectivity index (χ3v) is 5.05. The molecule has 1 N–H and O–H groups in total. The monoisotopic (exact) mass is 416 g/mol. The van der Waals surface area contributed by atoms with E-state index in [4.69, 9.17) is 0 Å². The van der Waals surface area contributed by atoms with Crippen LogP contribution in [0.4, 0.5) is 20.2 Å². The molecule has 0 spiro atoms. The molecule has 1 aliphatic heterocycles. The Morgan fingerprint density at radius 2 is 1.57 bits per heavy atom. The highest BCUT2D eigenvalue weighted by atomic mass is 19.1. The number of amides is 2. The molecule has 0 unspecified atom stereocenters. The van der Waals surface area contributed by atoms with Crippen LogP contribution in [-0.4, -0.2) is 67.4 Å². The van der Waals surface area contributed by atoms with Gasteiger partial charge in [0, 0.05) is 44.1 Å². The van der Waals surface area contributed by atoms with E-state index in [1.807, 2.05) is 11.8 Å². The highest BCUT2D eigenvalue weighted by Gasteiger charge is 2.23. The van der Waals surface area contributed by atoms with Gasteiger partial charge in [0.2, 0.25) is 11.8 Å². The molecule has 160 valence electrons. The molecule has 0 aromatic heterocycles. The van der Waals surface area contributed by atoms with E-state index in [1.165, 1.54) is 24.3 Å². The molecular weight excluding hydrogens is 390 g/mol. The number of halogens is 2. The smallest absolute Gasteiger partial charge is 0.241 e. The van der Waals surface area contributed by atoms with Crippen LogP contribution in [0.5, 0.6) is 0 Å². The fourth-order valence-corrected chi connectivity index (χ4v) is 3.48. The molecule has 3 rings (SSSR count). The highest BCUT2D eigenvalue weighted by Crippen LogP contribution is 2.16. The first-order valence-corrected chi connectivity index (χ1v) is 10.0. The zero-order chi connectivity index (χ0) is 21.5. The Kier molecular flexibility index (Phi) is 7.48. The molecule has 2 aromatic carbocycles. The summed E-state index contributed by atoms with van der Waals surface area (Å²) in [5.74, 6) is -0.965. The van der Waals surface area contributed by atoms with Crippen LogP contribution in [0.1, 0.15) is 6.92 Å². The molecule has 6 nitrogen and oxygen atoms in total. The summed E-state index contributed by atoms with van der Waals surface area (Å²) < 4.78 is 26.4. The van der Waals surface area contributed by atoms with Crippen LogP contribution in [0.15, 0.2) is 48.5 Å². The number of nitrogens with one attached hydrogen (secondary N) is 1. The predicted octanol–water partition coefficient (Wildman–Crippen LogP) is 2.57. The summed E-state index contributed by atoms with van der Waals surface area (Å²) in [4.78, 5) is 30.6. The van der Waals surface area contributed by atoms with Crippen molar-refractivity contribution in [3.05, 3.63) is 60.2 Å². The van der Waals surface area contributed by atoms with Crippen molar-refractivity contribution in [2.75, 3.05) is 56.0 Å². The van der Waals surface area contributed by atoms with Crippen molar-refractivity contribution >= 4 is 23.2 Å². The molecule has 0 atom stereocenters. The van der Waals surface area contributed by atoms with Crippen LogP contribution in [0, 0.1) is 11.6 Å². The summed E-state index contributed by atoms with van der Waals surface area (Å²) in [5.41, 5.74) is 1.11. The Morgan fingerprint density at radius 3 is 2.17 bits per heavy atom. The topological polar surface area (TPSA) is 55.9 Å². The van der Waals surface area contributed by atoms with Crippen LogP contribution in [0.3, 0.4) is 0 Å². The maximum atomic E-state index is 13.2. The number of hydrogen-bond acceptors (Lipinski definition) is 4. The van der Waals surface area contributed by atoms with Crippen molar-refractivity contribution in [2.45, 2.75) is 6.92 Å². The maximum Gasteiger partial charge on any atom is 0.241 e. The first kappa shape index (κ1) is 21.9. The molecule has 2 aromatic rings. The molecule has 30 heavy (non-hydrogen) atoms. The zero-order valence-electron chi connectivity index (χ0n) is 17.0. The Bertz CT molecular complexity index is 868. The van der Waals surface area contributed by atoms with E-state index in [9.17, 15) is 18.4 Å². The fraction of sp³-hybridized carbons (Fsp3) is 0.364. The van der Waals surface area contributed by atoms with Crippen molar-refractivity contribution in [2.24, 2.45) is 0 Å². The van der Waals surface area contributed by atoms with Crippen LogP contribution >= 0.6 is 0 Å². The third-order valence-electron chi connectivity index (χ3n) is 5.05. The van der Waals surface area contributed by atoms with Crippen molar-refractivity contribution < 1.29 is 18.4 Å². The number of carbonyl (C=O) groups excluding carboxylic acids is 2. The van der Waals surface area contributed by atoms with Gasteiger partial charge in [-0.3, -0.25) is 19.4 Å². The van der Waals surface area contributed by atoms with Gasteiger partial charge in [-0.25, -0.2) is 8.78 Å². The second-order valence-corrected chi connectivity index (χ2v) is 7.23. The van der Waals surface area contributed by atoms with Crippen LogP contribution in [-0.2, 0) is 9.59 Å². The van der Waals surface area contributed by atoms with Gasteiger partial charge in [-0.05, 0) is 49.4 Å². The Morgan fingerprint density at radius 1 is 0.933 bits per heavy atom. The third kappa shape index (κ3) is 6.08. The summed E-state index contributed by atoms with van der Waals surface area (Å²) >= 11 is 0. The fourth-order valence-electron chi connectivity index (χ4n) is 3.48. The van der Waals surface area contributed by atoms with E-state index in [1.54, 1.807) is 29.2 Å². The van der Waals surface area contributed by atoms with Gasteiger partial charge in [-0.1, -0.05) is 6.07 Å². The molecule has 0 aliphatic carbocycles. The molecule has 1 heterocycles. The normalized spacial score (nSPS) is 15.0. The van der Waals surface area contributed by atoms with E-state index in [0.717, 1.165) is 0 Å². The minimum Gasteiger partial charge on any atom is -0.325 e. The molecule has 2 amide bonds. The number of carbonyl (C=O) groups is 2. The van der Waals surface area contributed by atoms with Crippen molar-refractivity contribution in [3.63, 3.8) is 0 Å².